The van der Waals surface area contributed by atoms with Gasteiger partial charge in [0.15, 0.2) is 0 Å². The molecule has 0 aliphatic heterocycles. The second-order valence-electron chi connectivity index (χ2n) is 3.88. The average Bonchev–Trinajstić information content (AvgIpc) is 2.16. The molecule has 1 atom stereocenters. The summed E-state index contributed by atoms with van der Waals surface area (Å²) >= 11 is 6.10. The SMILES string of the molecule is CC(C)[C@@H](C)c1ccc(C#N)cc1Cl. The van der Waals surface area contributed by atoms with Crippen molar-refractivity contribution in [1.82, 2.24) is 0 Å². The Morgan fingerprint density at radius 1 is 1.29 bits per heavy atom. The van der Waals surface area contributed by atoms with E-state index in [0.29, 0.717) is 22.4 Å². The summed E-state index contributed by atoms with van der Waals surface area (Å²) in [6.45, 7) is 6.48. The molecule has 0 heterocycles. The fourth-order valence-corrected chi connectivity index (χ4v) is 1.68. The minimum atomic E-state index is 0.426. The van der Waals surface area contributed by atoms with Gasteiger partial charge in [-0.3, -0.25) is 0 Å². The van der Waals surface area contributed by atoms with Crippen LogP contribution < -0.4 is 0 Å². The Bertz CT molecular complexity index is 363. The smallest absolute Gasteiger partial charge is 0.0992 e. The molecule has 74 valence electrons. The van der Waals surface area contributed by atoms with Gasteiger partial charge in [0.25, 0.3) is 0 Å². The lowest BCUT2D eigenvalue weighted by Gasteiger charge is -2.17. The number of benzene rings is 1. The Morgan fingerprint density at radius 3 is 2.36 bits per heavy atom. The maximum atomic E-state index is 8.69. The van der Waals surface area contributed by atoms with Gasteiger partial charge in [0, 0.05) is 5.02 Å². The first kappa shape index (κ1) is 11.1. The first-order chi connectivity index (χ1) is 6.56. The van der Waals surface area contributed by atoms with Crippen LogP contribution in [0.15, 0.2) is 18.2 Å². The second-order valence-corrected chi connectivity index (χ2v) is 4.29. The summed E-state index contributed by atoms with van der Waals surface area (Å²) in [4.78, 5) is 0. The first-order valence-corrected chi connectivity index (χ1v) is 5.13. The summed E-state index contributed by atoms with van der Waals surface area (Å²) in [5, 5.41) is 9.39. The fraction of sp³-hybridized carbons (Fsp3) is 0.417. The van der Waals surface area contributed by atoms with E-state index in [0.717, 1.165) is 5.56 Å². The maximum absolute atomic E-state index is 8.69. The molecule has 0 aliphatic rings. The third-order valence-electron chi connectivity index (χ3n) is 2.62. The van der Waals surface area contributed by atoms with Crippen molar-refractivity contribution < 1.29 is 0 Å². The molecule has 0 amide bonds. The van der Waals surface area contributed by atoms with Crippen LogP contribution in [0.2, 0.25) is 5.02 Å². The molecule has 0 saturated heterocycles. The highest BCUT2D eigenvalue weighted by Gasteiger charge is 2.13. The number of halogens is 1. The highest BCUT2D eigenvalue weighted by atomic mass is 35.5. The van der Waals surface area contributed by atoms with E-state index in [2.05, 4.69) is 26.8 Å². The van der Waals surface area contributed by atoms with Crippen LogP contribution in [0, 0.1) is 17.2 Å². The average molecular weight is 208 g/mol. The summed E-state index contributed by atoms with van der Waals surface area (Å²) in [5.41, 5.74) is 1.75. The van der Waals surface area contributed by atoms with E-state index >= 15 is 0 Å². The molecule has 1 aromatic carbocycles. The lowest BCUT2D eigenvalue weighted by atomic mass is 9.90. The molecule has 0 unspecified atom stereocenters. The van der Waals surface area contributed by atoms with Gasteiger partial charge in [0.2, 0.25) is 0 Å². The number of rotatable bonds is 2. The van der Waals surface area contributed by atoms with Crippen molar-refractivity contribution in [3.63, 3.8) is 0 Å². The molecule has 14 heavy (non-hydrogen) atoms. The molecule has 0 saturated carbocycles. The summed E-state index contributed by atoms with van der Waals surface area (Å²) in [5.74, 6) is 0.982. The van der Waals surface area contributed by atoms with Crippen LogP contribution in [0.5, 0.6) is 0 Å². The highest BCUT2D eigenvalue weighted by molar-refractivity contribution is 6.31. The Kier molecular flexibility index (Phi) is 3.55. The topological polar surface area (TPSA) is 23.8 Å². The minimum absolute atomic E-state index is 0.426. The molecular weight excluding hydrogens is 194 g/mol. The van der Waals surface area contributed by atoms with E-state index in [1.54, 1.807) is 6.07 Å². The zero-order valence-electron chi connectivity index (χ0n) is 8.71. The van der Waals surface area contributed by atoms with Crippen LogP contribution in [-0.4, -0.2) is 0 Å². The molecule has 1 nitrogen and oxygen atoms in total. The van der Waals surface area contributed by atoms with Crippen LogP contribution in [0.4, 0.5) is 0 Å². The standard InChI is InChI=1S/C12H14ClN/c1-8(2)9(3)11-5-4-10(7-14)6-12(11)13/h4-6,8-9H,1-3H3/t9-/m1/s1. The van der Waals surface area contributed by atoms with Crippen LogP contribution in [0.3, 0.4) is 0 Å². The summed E-state index contributed by atoms with van der Waals surface area (Å²) < 4.78 is 0. The molecule has 0 fully saturated rings. The third-order valence-corrected chi connectivity index (χ3v) is 2.95. The van der Waals surface area contributed by atoms with Crippen molar-refractivity contribution in [1.29, 1.82) is 5.26 Å². The van der Waals surface area contributed by atoms with Crippen molar-refractivity contribution in [3.8, 4) is 6.07 Å². The van der Waals surface area contributed by atoms with Crippen LogP contribution in [-0.2, 0) is 0 Å². The van der Waals surface area contributed by atoms with Crippen LogP contribution in [0.25, 0.3) is 0 Å². The number of nitriles is 1. The molecule has 0 bridgehead atoms. The van der Waals surface area contributed by atoms with E-state index in [1.165, 1.54) is 0 Å². The largest absolute Gasteiger partial charge is 0.192 e. The van der Waals surface area contributed by atoms with Gasteiger partial charge in [-0.1, -0.05) is 38.4 Å². The number of hydrogen-bond acceptors (Lipinski definition) is 1. The zero-order chi connectivity index (χ0) is 10.7. The second kappa shape index (κ2) is 4.48. The Hall–Kier alpha value is -1.00. The Balaban J connectivity index is 3.07. The summed E-state index contributed by atoms with van der Waals surface area (Å²) in [7, 11) is 0. The molecule has 1 rings (SSSR count). The predicted octanol–water partition coefficient (Wildman–Crippen LogP) is 3.97. The molecule has 0 aromatic heterocycles. The number of nitrogens with zero attached hydrogens (tertiary/aromatic N) is 1. The fourth-order valence-electron chi connectivity index (χ4n) is 1.33. The quantitative estimate of drug-likeness (QED) is 0.720. The lowest BCUT2D eigenvalue weighted by molar-refractivity contribution is 0.535. The lowest BCUT2D eigenvalue weighted by Crippen LogP contribution is -2.02. The summed E-state index contributed by atoms with van der Waals surface area (Å²) in [6.07, 6.45) is 0. The van der Waals surface area contributed by atoms with Crippen molar-refractivity contribution in [3.05, 3.63) is 34.3 Å². The Morgan fingerprint density at radius 2 is 1.93 bits per heavy atom. The maximum Gasteiger partial charge on any atom is 0.0992 e. The van der Waals surface area contributed by atoms with E-state index in [1.807, 2.05) is 12.1 Å². The zero-order valence-corrected chi connectivity index (χ0v) is 9.47. The molecule has 0 N–H and O–H groups in total. The van der Waals surface area contributed by atoms with Crippen LogP contribution in [0.1, 0.15) is 37.8 Å². The monoisotopic (exact) mass is 207 g/mol. The van der Waals surface area contributed by atoms with Crippen LogP contribution >= 0.6 is 11.6 Å². The molecule has 0 radical (unpaired) electrons. The van der Waals surface area contributed by atoms with Gasteiger partial charge in [-0.25, -0.2) is 0 Å². The van der Waals surface area contributed by atoms with Gasteiger partial charge >= 0.3 is 0 Å². The third kappa shape index (κ3) is 2.27. The first-order valence-electron chi connectivity index (χ1n) is 4.75. The van der Waals surface area contributed by atoms with Gasteiger partial charge in [0.1, 0.15) is 0 Å². The van der Waals surface area contributed by atoms with E-state index in [9.17, 15) is 0 Å². The van der Waals surface area contributed by atoms with E-state index < -0.39 is 0 Å². The van der Waals surface area contributed by atoms with Crippen molar-refractivity contribution in [2.75, 3.05) is 0 Å². The molecule has 1 aromatic rings. The highest BCUT2D eigenvalue weighted by Crippen LogP contribution is 2.30. The van der Waals surface area contributed by atoms with Gasteiger partial charge in [0.05, 0.1) is 11.6 Å². The summed E-state index contributed by atoms with van der Waals surface area (Å²) in [6, 6.07) is 7.58. The molecule has 2 heteroatoms. The molecule has 0 spiro atoms. The number of hydrogen-bond donors (Lipinski definition) is 0. The van der Waals surface area contributed by atoms with Crippen molar-refractivity contribution in [2.24, 2.45) is 5.92 Å². The van der Waals surface area contributed by atoms with Crippen molar-refractivity contribution in [2.45, 2.75) is 26.7 Å². The molecular formula is C12H14ClN. The Labute approximate surface area is 90.3 Å². The van der Waals surface area contributed by atoms with Gasteiger partial charge in [-0.2, -0.15) is 5.26 Å². The normalized spacial score (nSPS) is 12.6. The molecule has 0 aliphatic carbocycles. The predicted molar refractivity (Wildman–Crippen MR) is 59.4 cm³/mol. The van der Waals surface area contributed by atoms with Gasteiger partial charge in [-0.05, 0) is 29.5 Å². The van der Waals surface area contributed by atoms with Gasteiger partial charge < -0.3 is 0 Å². The van der Waals surface area contributed by atoms with E-state index in [4.69, 9.17) is 16.9 Å². The van der Waals surface area contributed by atoms with Gasteiger partial charge in [-0.15, -0.1) is 0 Å². The minimum Gasteiger partial charge on any atom is -0.192 e. The van der Waals surface area contributed by atoms with E-state index in [-0.39, 0.29) is 0 Å². The van der Waals surface area contributed by atoms with Crippen molar-refractivity contribution >= 4 is 11.6 Å².